The second-order valence-corrected chi connectivity index (χ2v) is 13.5. The Labute approximate surface area is 269 Å². The molecule has 2 amide bonds. The minimum absolute atomic E-state index is 0.0168. The Hall–Kier alpha value is -2.61. The first kappa shape index (κ1) is 32.8. The highest BCUT2D eigenvalue weighted by Crippen LogP contribution is 2.30. The fraction of sp³-hybridized carbons (Fsp3) is 0.611. The SMILES string of the molecule is CCN(CC)CC(CC1CCCCC1)N1CCN(C(=O)[C@@H](Cc2ccc(Cl)cc2)NC(=O)CC2Cc3ccccc3N2)CC1. The summed E-state index contributed by atoms with van der Waals surface area (Å²) in [4.78, 5) is 34.5. The van der Waals surface area contributed by atoms with E-state index in [0.29, 0.717) is 37.0 Å². The van der Waals surface area contributed by atoms with Crippen molar-refractivity contribution in [3.05, 3.63) is 64.7 Å². The zero-order chi connectivity index (χ0) is 30.9. The normalized spacial score (nSPS) is 20.6. The van der Waals surface area contributed by atoms with Crippen LogP contribution in [0.15, 0.2) is 48.5 Å². The van der Waals surface area contributed by atoms with Crippen molar-refractivity contribution >= 4 is 29.1 Å². The molecule has 2 N–H and O–H groups in total. The van der Waals surface area contributed by atoms with Gasteiger partial charge in [0.1, 0.15) is 6.04 Å². The van der Waals surface area contributed by atoms with Crippen LogP contribution in [0.4, 0.5) is 5.69 Å². The molecule has 3 aliphatic rings. The Morgan fingerprint density at radius 2 is 1.68 bits per heavy atom. The van der Waals surface area contributed by atoms with Crippen LogP contribution in [0.5, 0.6) is 0 Å². The first-order valence-electron chi connectivity index (χ1n) is 17.0. The van der Waals surface area contributed by atoms with E-state index in [1.54, 1.807) is 0 Å². The number of hydrogen-bond donors (Lipinski definition) is 2. The standard InChI is InChI=1S/C36H52ClN5O2/c1-3-40(4-2)26-32(22-27-10-6-5-7-11-27)41-18-20-42(21-19-41)36(44)34(23-28-14-16-30(37)17-15-28)39-35(43)25-31-24-29-12-8-9-13-33(29)38-31/h8-9,12-17,27,31-32,34,38H,3-7,10-11,18-26H2,1-2H3,(H,39,43)/t31?,32?,34-/m1/s1. The van der Waals surface area contributed by atoms with Gasteiger partial charge in [0.15, 0.2) is 0 Å². The number of para-hydroxylation sites is 1. The molecule has 2 aromatic rings. The first-order chi connectivity index (χ1) is 21.4. The minimum Gasteiger partial charge on any atom is -0.381 e. The number of likely N-dealkylation sites (N-methyl/N-ethyl adjacent to an activating group) is 1. The van der Waals surface area contributed by atoms with E-state index in [-0.39, 0.29) is 17.9 Å². The highest BCUT2D eigenvalue weighted by Gasteiger charge is 2.33. The molecule has 240 valence electrons. The van der Waals surface area contributed by atoms with E-state index in [0.717, 1.165) is 56.3 Å². The van der Waals surface area contributed by atoms with Gasteiger partial charge in [-0.25, -0.2) is 0 Å². The number of benzene rings is 2. The molecule has 7 nitrogen and oxygen atoms in total. The van der Waals surface area contributed by atoms with Gasteiger partial charge in [-0.2, -0.15) is 0 Å². The molecule has 0 radical (unpaired) electrons. The number of carbonyl (C=O) groups is 2. The predicted octanol–water partition coefficient (Wildman–Crippen LogP) is 5.62. The van der Waals surface area contributed by atoms with Crippen molar-refractivity contribution in [2.24, 2.45) is 5.92 Å². The number of rotatable bonds is 13. The van der Waals surface area contributed by atoms with Crippen LogP contribution < -0.4 is 10.6 Å². The molecule has 8 heteroatoms. The van der Waals surface area contributed by atoms with Gasteiger partial charge < -0.3 is 20.4 Å². The lowest BCUT2D eigenvalue weighted by atomic mass is 9.84. The number of amides is 2. The van der Waals surface area contributed by atoms with Crippen molar-refractivity contribution in [3.8, 4) is 0 Å². The van der Waals surface area contributed by atoms with Crippen LogP contribution >= 0.6 is 11.6 Å². The molecule has 0 bridgehead atoms. The van der Waals surface area contributed by atoms with E-state index >= 15 is 0 Å². The van der Waals surface area contributed by atoms with Gasteiger partial charge in [-0.05, 0) is 61.2 Å². The number of anilines is 1. The van der Waals surface area contributed by atoms with Crippen LogP contribution in [0, 0.1) is 5.92 Å². The Kier molecular flexibility index (Phi) is 12.0. The van der Waals surface area contributed by atoms with E-state index in [9.17, 15) is 9.59 Å². The van der Waals surface area contributed by atoms with Crippen molar-refractivity contribution in [1.82, 2.24) is 20.0 Å². The van der Waals surface area contributed by atoms with Gasteiger partial charge >= 0.3 is 0 Å². The summed E-state index contributed by atoms with van der Waals surface area (Å²) in [7, 11) is 0. The topological polar surface area (TPSA) is 67.9 Å². The molecule has 1 saturated heterocycles. The molecular formula is C36H52ClN5O2. The molecule has 44 heavy (non-hydrogen) atoms. The van der Waals surface area contributed by atoms with Gasteiger partial charge in [-0.3, -0.25) is 14.5 Å². The maximum Gasteiger partial charge on any atom is 0.245 e. The summed E-state index contributed by atoms with van der Waals surface area (Å²) in [6.07, 6.45) is 9.72. The summed E-state index contributed by atoms with van der Waals surface area (Å²) in [5, 5.41) is 7.27. The fourth-order valence-electron chi connectivity index (χ4n) is 7.49. The van der Waals surface area contributed by atoms with Crippen molar-refractivity contribution < 1.29 is 9.59 Å². The van der Waals surface area contributed by atoms with E-state index in [2.05, 4.69) is 46.4 Å². The molecule has 0 aromatic heterocycles. The van der Waals surface area contributed by atoms with E-state index in [1.165, 1.54) is 44.1 Å². The minimum atomic E-state index is -0.604. The Morgan fingerprint density at radius 3 is 2.36 bits per heavy atom. The van der Waals surface area contributed by atoms with E-state index in [1.807, 2.05) is 41.3 Å². The lowest BCUT2D eigenvalue weighted by Gasteiger charge is -2.43. The zero-order valence-corrected chi connectivity index (χ0v) is 27.5. The maximum absolute atomic E-state index is 14.0. The third kappa shape index (κ3) is 8.98. The van der Waals surface area contributed by atoms with Gasteiger partial charge in [0, 0.05) is 68.4 Å². The van der Waals surface area contributed by atoms with Crippen LogP contribution in [0.25, 0.3) is 0 Å². The molecule has 3 atom stereocenters. The molecule has 5 rings (SSSR count). The molecule has 2 fully saturated rings. The summed E-state index contributed by atoms with van der Waals surface area (Å²) in [6.45, 7) is 10.9. The van der Waals surface area contributed by atoms with Crippen molar-refractivity contribution in [1.29, 1.82) is 0 Å². The van der Waals surface area contributed by atoms with E-state index in [4.69, 9.17) is 11.6 Å². The van der Waals surface area contributed by atoms with Crippen molar-refractivity contribution in [2.45, 2.75) is 89.8 Å². The number of nitrogens with zero attached hydrogens (tertiary/aromatic N) is 3. The Balaban J connectivity index is 1.21. The lowest BCUT2D eigenvalue weighted by molar-refractivity contribution is -0.138. The van der Waals surface area contributed by atoms with Gasteiger partial charge in [0.2, 0.25) is 11.8 Å². The largest absolute Gasteiger partial charge is 0.381 e. The van der Waals surface area contributed by atoms with Crippen LogP contribution in [0.1, 0.15) is 69.9 Å². The molecule has 2 unspecified atom stereocenters. The molecule has 2 aromatic carbocycles. The van der Waals surface area contributed by atoms with Gasteiger partial charge in [-0.1, -0.05) is 87.9 Å². The molecule has 1 aliphatic carbocycles. The summed E-state index contributed by atoms with van der Waals surface area (Å²) >= 11 is 6.14. The highest BCUT2D eigenvalue weighted by atomic mass is 35.5. The van der Waals surface area contributed by atoms with Gasteiger partial charge in [0.05, 0.1) is 0 Å². The van der Waals surface area contributed by atoms with Crippen LogP contribution in [0.3, 0.4) is 0 Å². The van der Waals surface area contributed by atoms with Crippen LogP contribution in [0.2, 0.25) is 5.02 Å². The third-order valence-electron chi connectivity index (χ3n) is 10.1. The predicted molar refractivity (Wildman–Crippen MR) is 180 cm³/mol. The summed E-state index contributed by atoms with van der Waals surface area (Å²) in [6, 6.07) is 15.8. The second kappa shape index (κ2) is 16.1. The fourth-order valence-corrected chi connectivity index (χ4v) is 7.61. The zero-order valence-electron chi connectivity index (χ0n) is 26.8. The smallest absolute Gasteiger partial charge is 0.245 e. The van der Waals surface area contributed by atoms with Crippen molar-refractivity contribution in [2.75, 3.05) is 51.1 Å². The molecule has 2 heterocycles. The molecule has 2 aliphatic heterocycles. The van der Waals surface area contributed by atoms with E-state index < -0.39 is 6.04 Å². The number of halogens is 1. The van der Waals surface area contributed by atoms with Crippen molar-refractivity contribution in [3.63, 3.8) is 0 Å². The maximum atomic E-state index is 14.0. The number of carbonyl (C=O) groups excluding carboxylic acids is 2. The van der Waals surface area contributed by atoms with Gasteiger partial charge in [-0.15, -0.1) is 0 Å². The Morgan fingerprint density at radius 1 is 0.977 bits per heavy atom. The molecule has 0 spiro atoms. The monoisotopic (exact) mass is 621 g/mol. The van der Waals surface area contributed by atoms with Crippen LogP contribution in [-0.2, 0) is 22.4 Å². The first-order valence-corrected chi connectivity index (χ1v) is 17.4. The summed E-state index contributed by atoms with van der Waals surface area (Å²) < 4.78 is 0. The number of fused-ring (bicyclic) bond motifs is 1. The third-order valence-corrected chi connectivity index (χ3v) is 10.3. The highest BCUT2D eigenvalue weighted by molar-refractivity contribution is 6.30. The lowest BCUT2D eigenvalue weighted by Crippen LogP contribution is -2.58. The summed E-state index contributed by atoms with van der Waals surface area (Å²) in [5.74, 6) is 0.751. The molecule has 1 saturated carbocycles. The average Bonchev–Trinajstić information content (AvgIpc) is 3.46. The molecular weight excluding hydrogens is 570 g/mol. The number of nitrogens with one attached hydrogen (secondary N) is 2. The summed E-state index contributed by atoms with van der Waals surface area (Å²) in [5.41, 5.74) is 3.32. The second-order valence-electron chi connectivity index (χ2n) is 13.1. The average molecular weight is 622 g/mol. The van der Waals surface area contributed by atoms with Gasteiger partial charge in [0.25, 0.3) is 0 Å². The number of hydrogen-bond acceptors (Lipinski definition) is 5. The number of piperazine rings is 1. The quantitative estimate of drug-likeness (QED) is 0.304. The van der Waals surface area contributed by atoms with Crippen LogP contribution in [-0.4, -0.2) is 90.5 Å². The Bertz CT molecular complexity index is 1180.